The molecule has 1 aliphatic rings. The van der Waals surface area contributed by atoms with Crippen LogP contribution in [0.4, 0.5) is 21.0 Å². The number of amides is 3. The Bertz CT molecular complexity index is 1320. The summed E-state index contributed by atoms with van der Waals surface area (Å²) in [7, 11) is 0. The number of ether oxygens (including phenoxy) is 3. The Morgan fingerprint density at radius 3 is 2.26 bits per heavy atom. The molecule has 43 heavy (non-hydrogen) atoms. The normalized spacial score (nSPS) is 13.9. The van der Waals surface area contributed by atoms with Crippen molar-refractivity contribution in [1.82, 2.24) is 5.32 Å². The van der Waals surface area contributed by atoms with E-state index in [9.17, 15) is 34.1 Å². The predicted molar refractivity (Wildman–Crippen MR) is 152 cm³/mol. The number of rotatable bonds is 15. The second-order valence-electron chi connectivity index (χ2n) is 9.99. The number of nitrogens with one attached hydrogen (secondary N) is 2. The van der Waals surface area contributed by atoms with E-state index < -0.39 is 40.3 Å². The van der Waals surface area contributed by atoms with Crippen molar-refractivity contribution in [3.05, 3.63) is 64.2 Å². The van der Waals surface area contributed by atoms with Crippen LogP contribution >= 0.6 is 0 Å². The molecule has 0 aliphatic heterocycles. The first-order valence-corrected chi connectivity index (χ1v) is 13.8. The standard InChI is InChI=1S/C29H34N4O10/c1-2-41-26(36)29(14-4-15-29)24(34)17-20(5-3-16-31-27(30)37)25(35)32-21-8-6-19(7-9-21)18-42-28(38)43-23-12-10-22(11-13-23)33(39)40/h6-13,20H,2-5,14-18H2,1H3,(H,32,35)(H3,30,31,37)/t20-/m1/s1. The number of hydrogen-bond donors (Lipinski definition) is 3. The second-order valence-corrected chi connectivity index (χ2v) is 9.99. The van der Waals surface area contributed by atoms with Gasteiger partial charge in [0.2, 0.25) is 5.91 Å². The molecule has 0 heterocycles. The minimum atomic E-state index is -1.22. The molecule has 1 saturated carbocycles. The quantitative estimate of drug-likeness (QED) is 0.0670. The van der Waals surface area contributed by atoms with E-state index in [0.717, 1.165) is 6.42 Å². The van der Waals surface area contributed by atoms with Gasteiger partial charge in [-0.1, -0.05) is 18.6 Å². The number of carbonyl (C=O) groups excluding carboxylic acids is 5. The molecule has 0 radical (unpaired) electrons. The van der Waals surface area contributed by atoms with Crippen molar-refractivity contribution in [3.8, 4) is 5.75 Å². The van der Waals surface area contributed by atoms with Crippen molar-refractivity contribution in [2.45, 2.75) is 52.1 Å². The number of primary amides is 1. The van der Waals surface area contributed by atoms with Gasteiger partial charge in [0.1, 0.15) is 17.8 Å². The Kier molecular flexibility index (Phi) is 11.6. The van der Waals surface area contributed by atoms with Crippen LogP contribution in [0.1, 0.15) is 51.0 Å². The van der Waals surface area contributed by atoms with Gasteiger partial charge in [-0.05, 0) is 62.4 Å². The first-order chi connectivity index (χ1) is 20.5. The van der Waals surface area contributed by atoms with Crippen molar-refractivity contribution in [1.29, 1.82) is 0 Å². The summed E-state index contributed by atoms with van der Waals surface area (Å²) in [5.74, 6) is -2.02. The number of carbonyl (C=O) groups is 5. The highest BCUT2D eigenvalue weighted by atomic mass is 16.7. The highest BCUT2D eigenvalue weighted by Gasteiger charge is 2.52. The maximum absolute atomic E-state index is 13.3. The molecule has 3 amide bonds. The summed E-state index contributed by atoms with van der Waals surface area (Å²) in [5.41, 5.74) is 4.75. The van der Waals surface area contributed by atoms with E-state index in [0.29, 0.717) is 30.5 Å². The van der Waals surface area contributed by atoms with Crippen LogP contribution in [0.2, 0.25) is 0 Å². The topological polar surface area (TPSA) is 206 Å². The van der Waals surface area contributed by atoms with Crippen LogP contribution in [0.25, 0.3) is 0 Å². The summed E-state index contributed by atoms with van der Waals surface area (Å²) in [6, 6.07) is 10.7. The number of anilines is 1. The Morgan fingerprint density at radius 2 is 1.70 bits per heavy atom. The van der Waals surface area contributed by atoms with E-state index in [1.54, 1.807) is 31.2 Å². The maximum atomic E-state index is 13.3. The number of benzene rings is 2. The van der Waals surface area contributed by atoms with Gasteiger partial charge < -0.3 is 30.6 Å². The number of non-ortho nitro benzene ring substituents is 1. The van der Waals surface area contributed by atoms with Gasteiger partial charge in [-0.25, -0.2) is 9.59 Å². The lowest BCUT2D eigenvalue weighted by atomic mass is 9.64. The van der Waals surface area contributed by atoms with Crippen molar-refractivity contribution in [2.24, 2.45) is 17.1 Å². The van der Waals surface area contributed by atoms with E-state index in [1.165, 1.54) is 24.3 Å². The second kappa shape index (κ2) is 15.3. The third-order valence-electron chi connectivity index (χ3n) is 7.07. The average molecular weight is 599 g/mol. The van der Waals surface area contributed by atoms with Crippen molar-refractivity contribution in [3.63, 3.8) is 0 Å². The average Bonchev–Trinajstić information content (AvgIpc) is 2.94. The molecule has 0 bridgehead atoms. The Balaban J connectivity index is 1.57. The lowest BCUT2D eigenvalue weighted by molar-refractivity contribution is -0.384. The number of hydrogen-bond acceptors (Lipinski definition) is 10. The molecule has 4 N–H and O–H groups in total. The summed E-state index contributed by atoms with van der Waals surface area (Å²) in [6.07, 6.45) is 0.961. The van der Waals surface area contributed by atoms with Gasteiger partial charge in [0.05, 0.1) is 11.5 Å². The number of nitro benzene ring substituents is 1. The molecule has 0 unspecified atom stereocenters. The van der Waals surface area contributed by atoms with Crippen molar-refractivity contribution in [2.75, 3.05) is 18.5 Å². The molecule has 2 aromatic carbocycles. The van der Waals surface area contributed by atoms with E-state index in [4.69, 9.17) is 19.9 Å². The van der Waals surface area contributed by atoms with Gasteiger partial charge in [-0.2, -0.15) is 0 Å². The van der Waals surface area contributed by atoms with Gasteiger partial charge in [0.15, 0.2) is 5.78 Å². The van der Waals surface area contributed by atoms with Crippen LogP contribution in [0.5, 0.6) is 5.75 Å². The molecule has 1 aliphatic carbocycles. The zero-order valence-corrected chi connectivity index (χ0v) is 23.7. The molecule has 0 saturated heterocycles. The van der Waals surface area contributed by atoms with E-state index in [1.807, 2.05) is 0 Å². The maximum Gasteiger partial charge on any atom is 0.514 e. The predicted octanol–water partition coefficient (Wildman–Crippen LogP) is 4.01. The number of esters is 1. The molecule has 14 heteroatoms. The third-order valence-corrected chi connectivity index (χ3v) is 7.07. The summed E-state index contributed by atoms with van der Waals surface area (Å²) < 4.78 is 15.2. The first-order valence-electron chi connectivity index (χ1n) is 13.8. The third kappa shape index (κ3) is 9.24. The number of nitro groups is 1. The fraction of sp³-hybridized carbons (Fsp3) is 0.414. The SMILES string of the molecule is CCOC(=O)C1(C(=O)C[C@@H](CCCNC(N)=O)C(=O)Nc2ccc(COC(=O)Oc3ccc([N+](=O)[O-])cc3)cc2)CCC1. The molecule has 14 nitrogen and oxygen atoms in total. The molecule has 1 fully saturated rings. The molecule has 2 aromatic rings. The Hall–Kier alpha value is -5.01. The highest BCUT2D eigenvalue weighted by molar-refractivity contribution is 6.06. The number of Topliss-reactive ketones (excluding diaryl/α,β-unsaturated/α-hetero) is 1. The zero-order chi connectivity index (χ0) is 31.4. The van der Waals surface area contributed by atoms with Crippen LogP contribution in [0, 0.1) is 21.4 Å². The van der Waals surface area contributed by atoms with Crippen LogP contribution in [-0.4, -0.2) is 47.9 Å². The highest BCUT2D eigenvalue weighted by Crippen LogP contribution is 2.44. The van der Waals surface area contributed by atoms with Crippen LogP contribution < -0.4 is 21.1 Å². The van der Waals surface area contributed by atoms with Gasteiger partial charge in [0, 0.05) is 36.7 Å². The number of nitrogens with two attached hydrogens (primary N) is 1. The van der Waals surface area contributed by atoms with Gasteiger partial charge >= 0.3 is 18.2 Å². The number of urea groups is 1. The molecule has 0 spiro atoms. The summed E-state index contributed by atoms with van der Waals surface area (Å²) in [6.45, 7) is 1.90. The molecule has 3 rings (SSSR count). The lowest BCUT2D eigenvalue weighted by Crippen LogP contribution is -2.47. The fourth-order valence-electron chi connectivity index (χ4n) is 4.53. The molecular formula is C29H34N4O10. The zero-order valence-electron chi connectivity index (χ0n) is 23.7. The molecule has 230 valence electrons. The van der Waals surface area contributed by atoms with Crippen molar-refractivity contribution < 1.29 is 43.1 Å². The summed E-state index contributed by atoms with van der Waals surface area (Å²) >= 11 is 0. The largest absolute Gasteiger partial charge is 0.514 e. The smallest absolute Gasteiger partial charge is 0.465 e. The van der Waals surface area contributed by atoms with Crippen molar-refractivity contribution >= 4 is 41.2 Å². The molecule has 1 atom stereocenters. The number of nitrogens with zero attached hydrogens (tertiary/aromatic N) is 1. The van der Waals surface area contributed by atoms with Gasteiger partial charge in [-0.3, -0.25) is 24.5 Å². The van der Waals surface area contributed by atoms with Crippen LogP contribution in [-0.2, 0) is 30.5 Å². The lowest BCUT2D eigenvalue weighted by Gasteiger charge is -2.38. The number of ketones is 1. The summed E-state index contributed by atoms with van der Waals surface area (Å²) in [5, 5.41) is 16.0. The molecular weight excluding hydrogens is 564 g/mol. The fourth-order valence-corrected chi connectivity index (χ4v) is 4.53. The minimum absolute atomic E-state index is 0.0811. The molecule has 0 aromatic heterocycles. The van der Waals surface area contributed by atoms with E-state index >= 15 is 0 Å². The summed E-state index contributed by atoms with van der Waals surface area (Å²) in [4.78, 5) is 72.2. The minimum Gasteiger partial charge on any atom is -0.465 e. The van der Waals surface area contributed by atoms with Crippen LogP contribution in [0.3, 0.4) is 0 Å². The Labute approximate surface area is 247 Å². The van der Waals surface area contributed by atoms with Gasteiger partial charge in [0.25, 0.3) is 5.69 Å². The Morgan fingerprint density at radius 1 is 1.02 bits per heavy atom. The van der Waals surface area contributed by atoms with E-state index in [-0.39, 0.29) is 49.8 Å². The monoisotopic (exact) mass is 598 g/mol. The van der Waals surface area contributed by atoms with Crippen LogP contribution in [0.15, 0.2) is 48.5 Å². The first kappa shape index (κ1) is 32.5. The van der Waals surface area contributed by atoms with Gasteiger partial charge in [-0.15, -0.1) is 0 Å². The van der Waals surface area contributed by atoms with E-state index in [2.05, 4.69) is 10.6 Å².